The van der Waals surface area contributed by atoms with Crippen molar-refractivity contribution < 1.29 is 9.26 Å². The number of nitrogens with zero attached hydrogens (tertiary/aromatic N) is 2. The van der Waals surface area contributed by atoms with Gasteiger partial charge in [0.2, 0.25) is 5.89 Å². The molecule has 2 rings (SSSR count). The van der Waals surface area contributed by atoms with Crippen LogP contribution in [0.15, 0.2) is 28.8 Å². The number of benzene rings is 1. The number of aromatic nitrogens is 2. The standard InChI is InChI=1S/C15H21N3O2/c1-3-4-12(10-16)15-17-14(18-20-15)9-11-5-7-13(19-2)8-6-11/h5-8,12H,3-4,9-10,16H2,1-2H3. The molecular weight excluding hydrogens is 254 g/mol. The fourth-order valence-electron chi connectivity index (χ4n) is 2.12. The summed E-state index contributed by atoms with van der Waals surface area (Å²) in [5.41, 5.74) is 6.87. The molecule has 0 amide bonds. The molecule has 108 valence electrons. The number of hydrogen-bond donors (Lipinski definition) is 1. The summed E-state index contributed by atoms with van der Waals surface area (Å²) < 4.78 is 10.5. The summed E-state index contributed by atoms with van der Waals surface area (Å²) in [6.07, 6.45) is 2.68. The summed E-state index contributed by atoms with van der Waals surface area (Å²) in [4.78, 5) is 4.45. The van der Waals surface area contributed by atoms with E-state index >= 15 is 0 Å². The first kappa shape index (κ1) is 14.5. The van der Waals surface area contributed by atoms with Crippen molar-refractivity contribution in [1.82, 2.24) is 10.1 Å². The van der Waals surface area contributed by atoms with Crippen LogP contribution in [0, 0.1) is 0 Å². The molecule has 5 nitrogen and oxygen atoms in total. The maximum absolute atomic E-state index is 5.74. The van der Waals surface area contributed by atoms with Crippen molar-refractivity contribution in [3.05, 3.63) is 41.5 Å². The highest BCUT2D eigenvalue weighted by atomic mass is 16.5. The van der Waals surface area contributed by atoms with Crippen molar-refractivity contribution in [3.63, 3.8) is 0 Å². The average Bonchev–Trinajstić information content (AvgIpc) is 2.94. The average molecular weight is 275 g/mol. The highest BCUT2D eigenvalue weighted by Crippen LogP contribution is 2.19. The molecule has 0 saturated heterocycles. The molecule has 0 radical (unpaired) electrons. The predicted octanol–water partition coefficient (Wildman–Crippen LogP) is 2.51. The molecule has 0 bridgehead atoms. The van der Waals surface area contributed by atoms with Gasteiger partial charge in [0.05, 0.1) is 13.0 Å². The lowest BCUT2D eigenvalue weighted by atomic mass is 10.0. The summed E-state index contributed by atoms with van der Waals surface area (Å²) >= 11 is 0. The van der Waals surface area contributed by atoms with E-state index in [0.717, 1.165) is 24.2 Å². The Labute approximate surface area is 119 Å². The van der Waals surface area contributed by atoms with E-state index in [4.69, 9.17) is 15.0 Å². The van der Waals surface area contributed by atoms with Crippen LogP contribution in [0.25, 0.3) is 0 Å². The normalized spacial score (nSPS) is 12.3. The monoisotopic (exact) mass is 275 g/mol. The Morgan fingerprint density at radius 2 is 2.05 bits per heavy atom. The zero-order valence-electron chi connectivity index (χ0n) is 12.0. The zero-order chi connectivity index (χ0) is 14.4. The lowest BCUT2D eigenvalue weighted by Crippen LogP contribution is -2.12. The number of ether oxygens (including phenoxy) is 1. The van der Waals surface area contributed by atoms with Crippen molar-refractivity contribution in [3.8, 4) is 5.75 Å². The maximum atomic E-state index is 5.74. The molecule has 0 saturated carbocycles. The third-order valence-corrected chi connectivity index (χ3v) is 3.28. The highest BCUT2D eigenvalue weighted by Gasteiger charge is 2.16. The molecule has 1 aromatic carbocycles. The number of hydrogen-bond acceptors (Lipinski definition) is 5. The molecule has 20 heavy (non-hydrogen) atoms. The van der Waals surface area contributed by atoms with Crippen LogP contribution in [-0.4, -0.2) is 23.8 Å². The van der Waals surface area contributed by atoms with Crippen LogP contribution in [0.3, 0.4) is 0 Å². The SMILES string of the molecule is CCCC(CN)c1nc(Cc2ccc(OC)cc2)no1. The molecule has 2 N–H and O–H groups in total. The van der Waals surface area contributed by atoms with Crippen molar-refractivity contribution >= 4 is 0 Å². The predicted molar refractivity (Wildman–Crippen MR) is 76.8 cm³/mol. The maximum Gasteiger partial charge on any atom is 0.231 e. The number of nitrogens with two attached hydrogens (primary N) is 1. The van der Waals surface area contributed by atoms with Crippen LogP contribution < -0.4 is 10.5 Å². The Hall–Kier alpha value is -1.88. The molecule has 1 atom stereocenters. The molecule has 1 unspecified atom stereocenters. The molecular formula is C15H21N3O2. The van der Waals surface area contributed by atoms with Gasteiger partial charge in [-0.05, 0) is 24.1 Å². The van der Waals surface area contributed by atoms with Gasteiger partial charge in [0.15, 0.2) is 5.82 Å². The van der Waals surface area contributed by atoms with Crippen LogP contribution in [0.1, 0.15) is 43.0 Å². The van der Waals surface area contributed by atoms with E-state index in [0.29, 0.717) is 24.7 Å². The lowest BCUT2D eigenvalue weighted by Gasteiger charge is -2.06. The van der Waals surface area contributed by atoms with Crippen LogP contribution >= 0.6 is 0 Å². The molecule has 2 aromatic rings. The van der Waals surface area contributed by atoms with Gasteiger partial charge in [0.1, 0.15) is 5.75 Å². The van der Waals surface area contributed by atoms with Crippen molar-refractivity contribution in [2.24, 2.45) is 5.73 Å². The number of rotatable bonds is 7. The molecule has 5 heteroatoms. The Kier molecular flexibility index (Phi) is 5.12. The Morgan fingerprint density at radius 3 is 2.65 bits per heavy atom. The molecule has 1 heterocycles. The molecule has 0 aliphatic heterocycles. The molecule has 0 spiro atoms. The van der Waals surface area contributed by atoms with E-state index in [2.05, 4.69) is 17.1 Å². The second-order valence-electron chi connectivity index (χ2n) is 4.79. The molecule has 0 aliphatic carbocycles. The van der Waals surface area contributed by atoms with Gasteiger partial charge in [-0.2, -0.15) is 4.98 Å². The smallest absolute Gasteiger partial charge is 0.231 e. The minimum absolute atomic E-state index is 0.164. The van der Waals surface area contributed by atoms with Crippen LogP contribution in [0.2, 0.25) is 0 Å². The van der Waals surface area contributed by atoms with E-state index < -0.39 is 0 Å². The summed E-state index contributed by atoms with van der Waals surface area (Å²) in [5.74, 6) is 2.35. The highest BCUT2D eigenvalue weighted by molar-refractivity contribution is 5.28. The van der Waals surface area contributed by atoms with Gasteiger partial charge < -0.3 is 15.0 Å². The second-order valence-corrected chi connectivity index (χ2v) is 4.79. The molecule has 1 aromatic heterocycles. The summed E-state index contributed by atoms with van der Waals surface area (Å²) in [6, 6.07) is 7.86. The Balaban J connectivity index is 2.04. The van der Waals surface area contributed by atoms with E-state index in [1.54, 1.807) is 7.11 Å². The van der Waals surface area contributed by atoms with Crippen LogP contribution in [0.4, 0.5) is 0 Å². The van der Waals surface area contributed by atoms with Crippen molar-refractivity contribution in [1.29, 1.82) is 0 Å². The zero-order valence-corrected chi connectivity index (χ0v) is 12.0. The summed E-state index contributed by atoms with van der Waals surface area (Å²) in [5, 5.41) is 4.03. The van der Waals surface area contributed by atoms with Gasteiger partial charge >= 0.3 is 0 Å². The van der Waals surface area contributed by atoms with Crippen LogP contribution in [0.5, 0.6) is 5.75 Å². The second kappa shape index (κ2) is 7.05. The first-order chi connectivity index (χ1) is 9.76. The Bertz CT molecular complexity index is 522. The van der Waals surface area contributed by atoms with Gasteiger partial charge in [-0.15, -0.1) is 0 Å². The molecule has 0 fully saturated rings. The van der Waals surface area contributed by atoms with Crippen molar-refractivity contribution in [2.75, 3.05) is 13.7 Å². The number of methoxy groups -OCH3 is 1. The molecule has 0 aliphatic rings. The minimum Gasteiger partial charge on any atom is -0.497 e. The third-order valence-electron chi connectivity index (χ3n) is 3.28. The van der Waals surface area contributed by atoms with E-state index in [9.17, 15) is 0 Å². The lowest BCUT2D eigenvalue weighted by molar-refractivity contribution is 0.344. The summed E-state index contributed by atoms with van der Waals surface area (Å²) in [6.45, 7) is 2.66. The summed E-state index contributed by atoms with van der Waals surface area (Å²) in [7, 11) is 1.65. The topological polar surface area (TPSA) is 74.2 Å². The van der Waals surface area contributed by atoms with Gasteiger partial charge in [0.25, 0.3) is 0 Å². The van der Waals surface area contributed by atoms with Gasteiger partial charge in [0, 0.05) is 13.0 Å². The first-order valence-corrected chi connectivity index (χ1v) is 6.92. The van der Waals surface area contributed by atoms with E-state index in [1.807, 2.05) is 24.3 Å². The Morgan fingerprint density at radius 1 is 1.30 bits per heavy atom. The van der Waals surface area contributed by atoms with E-state index in [1.165, 1.54) is 0 Å². The quantitative estimate of drug-likeness (QED) is 0.840. The largest absolute Gasteiger partial charge is 0.497 e. The third kappa shape index (κ3) is 3.57. The van der Waals surface area contributed by atoms with Crippen molar-refractivity contribution in [2.45, 2.75) is 32.1 Å². The van der Waals surface area contributed by atoms with Crippen LogP contribution in [-0.2, 0) is 6.42 Å². The van der Waals surface area contributed by atoms with E-state index in [-0.39, 0.29) is 5.92 Å². The minimum atomic E-state index is 0.164. The first-order valence-electron chi connectivity index (χ1n) is 6.92. The van der Waals surface area contributed by atoms with Gasteiger partial charge in [-0.3, -0.25) is 0 Å². The fraction of sp³-hybridized carbons (Fsp3) is 0.467. The fourth-order valence-corrected chi connectivity index (χ4v) is 2.12. The van der Waals surface area contributed by atoms with Gasteiger partial charge in [-0.1, -0.05) is 30.6 Å². The van der Waals surface area contributed by atoms with Gasteiger partial charge in [-0.25, -0.2) is 0 Å².